The van der Waals surface area contributed by atoms with Gasteiger partial charge in [-0.05, 0) is 18.4 Å². The molecule has 0 aromatic heterocycles. The molecule has 0 amide bonds. The Hall–Kier alpha value is -0.460. The number of hydrogen-bond acceptors (Lipinski definition) is 0. The predicted molar refractivity (Wildman–Crippen MR) is 29.3 cm³/mol. The summed E-state index contributed by atoms with van der Waals surface area (Å²) in [7, 11) is 0. The summed E-state index contributed by atoms with van der Waals surface area (Å²) in [6.07, 6.45) is 3.40. The highest BCUT2D eigenvalue weighted by atomic mass is 16.2. The van der Waals surface area contributed by atoms with Crippen LogP contribution in [-0.4, -0.2) is 0 Å². The topological polar surface area (TPSA) is 19.9 Å². The second-order valence-electron chi connectivity index (χ2n) is 2.00. The Morgan fingerprint density at radius 2 is 2.14 bits per heavy atom. The number of rotatable bonds is 2. The summed E-state index contributed by atoms with van der Waals surface area (Å²) < 4.78 is 0. The zero-order chi connectivity index (χ0) is 5.70. The van der Waals surface area contributed by atoms with Crippen molar-refractivity contribution in [1.82, 2.24) is 0 Å². The Balaban J connectivity index is 2.97. The van der Waals surface area contributed by atoms with E-state index in [0.29, 0.717) is 5.92 Å². The molecule has 7 heavy (non-hydrogen) atoms. The van der Waals surface area contributed by atoms with Crippen LogP contribution in [0.1, 0.15) is 20.3 Å². The fraction of sp³-hybridized carbons (Fsp3) is 0.667. The van der Waals surface area contributed by atoms with E-state index in [4.69, 9.17) is 0 Å². The molecule has 0 bridgehead atoms. The van der Waals surface area contributed by atoms with E-state index in [0.717, 1.165) is 12.7 Å². The third-order valence-electron chi connectivity index (χ3n) is 0.704. The molecule has 0 spiro atoms. The lowest BCUT2D eigenvalue weighted by Crippen LogP contribution is -1.79. The summed E-state index contributed by atoms with van der Waals surface area (Å²) in [5, 5.41) is 9.65. The summed E-state index contributed by atoms with van der Waals surface area (Å²) in [6.45, 7) is 4.17. The van der Waals surface area contributed by atoms with E-state index in [1.807, 2.05) is 0 Å². The minimum absolute atomic E-state index is 0.616. The summed E-state index contributed by atoms with van der Waals surface area (Å²) >= 11 is 0. The standard InChI is InChI=1S/C6H11O/c1-6(2)4-3-5-7/h3,5-6H,4H2,1-2H3/b5-3+. The summed E-state index contributed by atoms with van der Waals surface area (Å²) in [5.41, 5.74) is 0. The third kappa shape index (κ3) is 5.54. The van der Waals surface area contributed by atoms with E-state index >= 15 is 0 Å². The normalized spacial score (nSPS) is 11.3. The molecule has 0 N–H and O–H groups in total. The van der Waals surface area contributed by atoms with Crippen LogP contribution in [0.3, 0.4) is 0 Å². The van der Waals surface area contributed by atoms with Gasteiger partial charge in [0.15, 0.2) is 0 Å². The van der Waals surface area contributed by atoms with Crippen molar-refractivity contribution in [2.24, 2.45) is 5.92 Å². The number of hydrogen-bond donors (Lipinski definition) is 0. The van der Waals surface area contributed by atoms with Gasteiger partial charge in [-0.3, -0.25) is 5.11 Å². The van der Waals surface area contributed by atoms with Crippen molar-refractivity contribution >= 4 is 0 Å². The molecule has 0 saturated carbocycles. The molecule has 0 fully saturated rings. The molecule has 0 unspecified atom stereocenters. The highest BCUT2D eigenvalue weighted by Crippen LogP contribution is 1.98. The molecule has 0 saturated heterocycles. The smallest absolute Gasteiger partial charge is 0.138 e. The first kappa shape index (κ1) is 6.54. The van der Waals surface area contributed by atoms with Crippen LogP contribution in [-0.2, 0) is 5.11 Å². The lowest BCUT2D eigenvalue weighted by Gasteiger charge is -1.92. The van der Waals surface area contributed by atoms with E-state index in [2.05, 4.69) is 13.8 Å². The fourth-order valence-corrected chi connectivity index (χ4v) is 0.328. The maximum atomic E-state index is 9.65. The Morgan fingerprint density at radius 1 is 1.57 bits per heavy atom. The van der Waals surface area contributed by atoms with Gasteiger partial charge < -0.3 is 0 Å². The molecule has 1 nitrogen and oxygen atoms in total. The molecule has 0 heterocycles. The lowest BCUT2D eigenvalue weighted by atomic mass is 10.1. The van der Waals surface area contributed by atoms with Crippen LogP contribution in [0, 0.1) is 5.92 Å². The van der Waals surface area contributed by atoms with Gasteiger partial charge >= 0.3 is 0 Å². The summed E-state index contributed by atoms with van der Waals surface area (Å²) in [4.78, 5) is 0. The average Bonchev–Trinajstić information content (AvgIpc) is 1.61. The molecule has 1 heteroatoms. The minimum atomic E-state index is 0.616. The van der Waals surface area contributed by atoms with Crippen LogP contribution in [0.4, 0.5) is 0 Å². The van der Waals surface area contributed by atoms with E-state index in [1.165, 1.54) is 0 Å². The van der Waals surface area contributed by atoms with Crippen LogP contribution in [0.15, 0.2) is 12.3 Å². The first-order valence-electron chi connectivity index (χ1n) is 2.54. The first-order valence-corrected chi connectivity index (χ1v) is 2.54. The summed E-state index contributed by atoms with van der Waals surface area (Å²) in [5.74, 6) is 0.616. The van der Waals surface area contributed by atoms with Gasteiger partial charge in [0.2, 0.25) is 0 Å². The first-order chi connectivity index (χ1) is 3.27. The van der Waals surface area contributed by atoms with Gasteiger partial charge in [-0.15, -0.1) is 0 Å². The van der Waals surface area contributed by atoms with Crippen LogP contribution >= 0.6 is 0 Å². The largest absolute Gasteiger partial charge is 0.299 e. The van der Waals surface area contributed by atoms with Crippen LogP contribution < -0.4 is 0 Å². The van der Waals surface area contributed by atoms with Crippen LogP contribution in [0.25, 0.3) is 0 Å². The van der Waals surface area contributed by atoms with Crippen molar-refractivity contribution < 1.29 is 5.11 Å². The second-order valence-corrected chi connectivity index (χ2v) is 2.00. The lowest BCUT2D eigenvalue weighted by molar-refractivity contribution is 0.348. The maximum absolute atomic E-state index is 9.65. The van der Waals surface area contributed by atoms with E-state index in [9.17, 15) is 5.11 Å². The average molecular weight is 99.2 g/mol. The minimum Gasteiger partial charge on any atom is -0.299 e. The van der Waals surface area contributed by atoms with Gasteiger partial charge in [0, 0.05) is 0 Å². The Morgan fingerprint density at radius 3 is 2.29 bits per heavy atom. The Labute approximate surface area is 44.7 Å². The molecular weight excluding hydrogens is 88.1 g/mol. The molecule has 0 aliphatic carbocycles. The van der Waals surface area contributed by atoms with Crippen molar-refractivity contribution in [3.8, 4) is 0 Å². The monoisotopic (exact) mass is 99.1 g/mol. The molecule has 0 aliphatic heterocycles. The molecule has 41 valence electrons. The van der Waals surface area contributed by atoms with Crippen molar-refractivity contribution in [2.45, 2.75) is 20.3 Å². The molecule has 0 atom stereocenters. The SMILES string of the molecule is CC(C)C/C=C/[O]. The third-order valence-corrected chi connectivity index (χ3v) is 0.704. The molecule has 0 aliphatic rings. The van der Waals surface area contributed by atoms with Gasteiger partial charge in [-0.1, -0.05) is 13.8 Å². The molecule has 0 aromatic carbocycles. The fourth-order valence-electron chi connectivity index (χ4n) is 0.328. The molecule has 0 aromatic rings. The zero-order valence-electron chi connectivity index (χ0n) is 4.85. The van der Waals surface area contributed by atoms with Gasteiger partial charge in [-0.25, -0.2) is 0 Å². The van der Waals surface area contributed by atoms with Gasteiger partial charge in [0.25, 0.3) is 0 Å². The van der Waals surface area contributed by atoms with E-state index in [-0.39, 0.29) is 0 Å². The van der Waals surface area contributed by atoms with Gasteiger partial charge in [0.1, 0.15) is 6.26 Å². The second kappa shape index (κ2) is 3.72. The Bertz CT molecular complexity index is 55.2. The van der Waals surface area contributed by atoms with Crippen LogP contribution in [0.5, 0.6) is 0 Å². The maximum Gasteiger partial charge on any atom is 0.138 e. The Kier molecular flexibility index (Phi) is 3.48. The predicted octanol–water partition coefficient (Wildman–Crippen LogP) is 1.98. The molecular formula is C6H11O. The van der Waals surface area contributed by atoms with Gasteiger partial charge in [0.05, 0.1) is 0 Å². The van der Waals surface area contributed by atoms with Crippen molar-refractivity contribution in [2.75, 3.05) is 0 Å². The molecule has 1 radical (unpaired) electrons. The van der Waals surface area contributed by atoms with Gasteiger partial charge in [-0.2, -0.15) is 0 Å². The van der Waals surface area contributed by atoms with E-state index in [1.54, 1.807) is 6.08 Å². The highest BCUT2D eigenvalue weighted by Gasteiger charge is 1.84. The quantitative estimate of drug-likeness (QED) is 0.472. The number of allylic oxidation sites excluding steroid dienone is 1. The summed E-state index contributed by atoms with van der Waals surface area (Å²) in [6, 6.07) is 0. The van der Waals surface area contributed by atoms with Crippen molar-refractivity contribution in [1.29, 1.82) is 0 Å². The zero-order valence-corrected chi connectivity index (χ0v) is 4.85. The van der Waals surface area contributed by atoms with Crippen molar-refractivity contribution in [3.63, 3.8) is 0 Å². The van der Waals surface area contributed by atoms with Crippen molar-refractivity contribution in [3.05, 3.63) is 12.3 Å². The van der Waals surface area contributed by atoms with E-state index < -0.39 is 0 Å². The van der Waals surface area contributed by atoms with Crippen LogP contribution in [0.2, 0.25) is 0 Å². The highest BCUT2D eigenvalue weighted by molar-refractivity contribution is 4.72. The molecule has 0 rings (SSSR count).